The number of nitrogen functional groups attached to an aromatic ring is 1. The predicted octanol–water partition coefficient (Wildman–Crippen LogP) is 1.06. The molecule has 7 heteroatoms. The molecule has 7 nitrogen and oxygen atoms in total. The fourth-order valence-electron chi connectivity index (χ4n) is 2.19. The van der Waals surface area contributed by atoms with Gasteiger partial charge >= 0.3 is 0 Å². The van der Waals surface area contributed by atoms with E-state index in [2.05, 4.69) is 30.2 Å². The van der Waals surface area contributed by atoms with Gasteiger partial charge in [0.25, 0.3) is 0 Å². The number of hydrogen-bond acceptors (Lipinski definition) is 7. The van der Waals surface area contributed by atoms with Gasteiger partial charge in [0.05, 0.1) is 12.2 Å². The fraction of sp³-hybridized carbons (Fsp3) is 0.385. The van der Waals surface area contributed by atoms with Gasteiger partial charge in [0.2, 0.25) is 17.8 Å². The lowest BCUT2D eigenvalue weighted by molar-refractivity contribution is 0.879. The van der Waals surface area contributed by atoms with Crippen LogP contribution in [0.1, 0.15) is 18.5 Å². The van der Waals surface area contributed by atoms with Crippen LogP contribution in [0.3, 0.4) is 0 Å². The lowest BCUT2D eigenvalue weighted by Gasteiger charge is -2.15. The van der Waals surface area contributed by atoms with Crippen molar-refractivity contribution in [2.75, 3.05) is 29.0 Å². The van der Waals surface area contributed by atoms with Crippen LogP contribution >= 0.6 is 0 Å². The molecule has 0 bridgehead atoms. The first kappa shape index (κ1) is 12.6. The normalized spacial score (nSPS) is 14.5. The second-order valence-electron chi connectivity index (χ2n) is 4.69. The maximum absolute atomic E-state index is 5.75. The van der Waals surface area contributed by atoms with Crippen molar-refractivity contribution in [2.45, 2.75) is 19.4 Å². The Morgan fingerprint density at radius 2 is 2.00 bits per heavy atom. The van der Waals surface area contributed by atoms with Crippen LogP contribution in [0.15, 0.2) is 24.4 Å². The van der Waals surface area contributed by atoms with Gasteiger partial charge in [-0.15, -0.1) is 0 Å². The number of nitrogens with zero attached hydrogens (tertiary/aromatic N) is 5. The first-order valence-corrected chi connectivity index (χ1v) is 6.71. The van der Waals surface area contributed by atoms with E-state index < -0.39 is 0 Å². The molecule has 3 heterocycles. The molecule has 0 aliphatic carbocycles. The molecule has 1 aliphatic heterocycles. The van der Waals surface area contributed by atoms with Gasteiger partial charge in [-0.3, -0.25) is 4.98 Å². The van der Waals surface area contributed by atoms with E-state index in [-0.39, 0.29) is 5.95 Å². The molecule has 20 heavy (non-hydrogen) atoms. The second kappa shape index (κ2) is 5.68. The summed E-state index contributed by atoms with van der Waals surface area (Å²) in [6, 6.07) is 5.77. The number of pyridine rings is 1. The van der Waals surface area contributed by atoms with Gasteiger partial charge in [-0.05, 0) is 25.0 Å². The highest BCUT2D eigenvalue weighted by atomic mass is 15.3. The summed E-state index contributed by atoms with van der Waals surface area (Å²) in [6.07, 6.45) is 4.10. The van der Waals surface area contributed by atoms with Crippen molar-refractivity contribution in [3.05, 3.63) is 30.1 Å². The predicted molar refractivity (Wildman–Crippen MR) is 77.3 cm³/mol. The minimum Gasteiger partial charge on any atom is -0.368 e. The number of anilines is 3. The van der Waals surface area contributed by atoms with Gasteiger partial charge in [0, 0.05) is 19.3 Å². The summed E-state index contributed by atoms with van der Waals surface area (Å²) in [5.41, 5.74) is 6.68. The molecule has 1 fully saturated rings. The largest absolute Gasteiger partial charge is 0.368 e. The highest BCUT2D eigenvalue weighted by Gasteiger charge is 2.16. The van der Waals surface area contributed by atoms with E-state index in [9.17, 15) is 0 Å². The Balaban J connectivity index is 1.72. The fourth-order valence-corrected chi connectivity index (χ4v) is 2.19. The molecule has 1 saturated heterocycles. The molecule has 3 rings (SSSR count). The Hall–Kier alpha value is -2.44. The number of nitrogens with two attached hydrogens (primary N) is 1. The Bertz CT molecular complexity index is 566. The van der Waals surface area contributed by atoms with Crippen molar-refractivity contribution in [2.24, 2.45) is 0 Å². The third-order valence-electron chi connectivity index (χ3n) is 3.18. The Labute approximate surface area is 117 Å². The van der Waals surface area contributed by atoms with Crippen LogP contribution in [-0.2, 0) is 6.54 Å². The number of rotatable bonds is 4. The van der Waals surface area contributed by atoms with Crippen molar-refractivity contribution in [1.29, 1.82) is 0 Å². The van der Waals surface area contributed by atoms with Crippen molar-refractivity contribution < 1.29 is 0 Å². The molecule has 0 aromatic carbocycles. The zero-order valence-corrected chi connectivity index (χ0v) is 11.2. The maximum Gasteiger partial charge on any atom is 0.231 e. The van der Waals surface area contributed by atoms with Crippen LogP contribution in [0.5, 0.6) is 0 Å². The van der Waals surface area contributed by atoms with E-state index in [0.717, 1.165) is 18.8 Å². The summed E-state index contributed by atoms with van der Waals surface area (Å²) < 4.78 is 0. The topological polar surface area (TPSA) is 92.8 Å². The van der Waals surface area contributed by atoms with E-state index in [4.69, 9.17) is 5.73 Å². The quantitative estimate of drug-likeness (QED) is 0.858. The van der Waals surface area contributed by atoms with E-state index >= 15 is 0 Å². The molecule has 0 amide bonds. The van der Waals surface area contributed by atoms with Crippen LogP contribution in [-0.4, -0.2) is 33.0 Å². The summed E-state index contributed by atoms with van der Waals surface area (Å²) in [7, 11) is 0. The molecule has 104 valence electrons. The van der Waals surface area contributed by atoms with Crippen LogP contribution in [0.4, 0.5) is 17.8 Å². The Morgan fingerprint density at radius 3 is 2.75 bits per heavy atom. The van der Waals surface area contributed by atoms with Crippen LogP contribution < -0.4 is 16.0 Å². The van der Waals surface area contributed by atoms with Crippen LogP contribution in [0, 0.1) is 0 Å². The Morgan fingerprint density at radius 1 is 1.15 bits per heavy atom. The molecular formula is C13H17N7. The zero-order chi connectivity index (χ0) is 13.8. The van der Waals surface area contributed by atoms with Crippen LogP contribution in [0.25, 0.3) is 0 Å². The summed E-state index contributed by atoms with van der Waals surface area (Å²) in [6.45, 7) is 2.51. The van der Waals surface area contributed by atoms with Gasteiger partial charge < -0.3 is 16.0 Å². The first-order valence-electron chi connectivity index (χ1n) is 6.71. The lowest BCUT2D eigenvalue weighted by Crippen LogP contribution is -2.22. The van der Waals surface area contributed by atoms with Gasteiger partial charge in [-0.25, -0.2) is 0 Å². The molecular weight excluding hydrogens is 254 g/mol. The van der Waals surface area contributed by atoms with Gasteiger partial charge in [-0.2, -0.15) is 15.0 Å². The SMILES string of the molecule is Nc1nc(NCc2ccccn2)nc(N2CCCC2)n1. The van der Waals surface area contributed by atoms with E-state index in [1.807, 2.05) is 18.2 Å². The summed E-state index contributed by atoms with van der Waals surface area (Å²) in [5, 5.41) is 3.13. The number of hydrogen-bond donors (Lipinski definition) is 2. The standard InChI is InChI=1S/C13H17N7/c14-11-17-12(16-9-10-5-1-2-6-15-10)19-13(18-11)20-7-3-4-8-20/h1-2,5-6H,3-4,7-9H2,(H3,14,16,17,18,19). The molecule has 0 atom stereocenters. The summed E-state index contributed by atoms with van der Waals surface area (Å²) >= 11 is 0. The summed E-state index contributed by atoms with van der Waals surface area (Å²) in [5.74, 6) is 1.38. The molecule has 0 saturated carbocycles. The van der Waals surface area contributed by atoms with E-state index in [1.165, 1.54) is 12.8 Å². The molecule has 0 unspecified atom stereocenters. The molecule has 2 aromatic rings. The van der Waals surface area contributed by atoms with Gasteiger partial charge in [0.15, 0.2) is 0 Å². The first-order chi connectivity index (χ1) is 9.81. The van der Waals surface area contributed by atoms with Gasteiger partial charge in [-0.1, -0.05) is 6.07 Å². The highest BCUT2D eigenvalue weighted by Crippen LogP contribution is 2.17. The average Bonchev–Trinajstić information content (AvgIpc) is 3.00. The van der Waals surface area contributed by atoms with Crippen molar-refractivity contribution in [3.63, 3.8) is 0 Å². The average molecular weight is 271 g/mol. The minimum absolute atomic E-state index is 0.241. The molecule has 1 aliphatic rings. The molecule has 0 radical (unpaired) electrons. The van der Waals surface area contributed by atoms with E-state index in [1.54, 1.807) is 6.20 Å². The monoisotopic (exact) mass is 271 g/mol. The van der Waals surface area contributed by atoms with Crippen molar-refractivity contribution in [3.8, 4) is 0 Å². The minimum atomic E-state index is 0.241. The highest BCUT2D eigenvalue weighted by molar-refractivity contribution is 5.42. The second-order valence-corrected chi connectivity index (χ2v) is 4.69. The molecule has 3 N–H and O–H groups in total. The van der Waals surface area contributed by atoms with Crippen molar-refractivity contribution >= 4 is 17.8 Å². The Kier molecular flexibility index (Phi) is 3.58. The van der Waals surface area contributed by atoms with E-state index in [0.29, 0.717) is 18.4 Å². The van der Waals surface area contributed by atoms with Crippen molar-refractivity contribution in [1.82, 2.24) is 19.9 Å². The molecule has 0 spiro atoms. The summed E-state index contributed by atoms with van der Waals surface area (Å²) in [4.78, 5) is 19.1. The zero-order valence-electron chi connectivity index (χ0n) is 11.2. The third kappa shape index (κ3) is 2.93. The lowest BCUT2D eigenvalue weighted by atomic mass is 10.3. The third-order valence-corrected chi connectivity index (χ3v) is 3.18. The number of aromatic nitrogens is 4. The maximum atomic E-state index is 5.75. The molecule has 2 aromatic heterocycles. The number of nitrogens with one attached hydrogen (secondary N) is 1. The van der Waals surface area contributed by atoms with Crippen LogP contribution in [0.2, 0.25) is 0 Å². The smallest absolute Gasteiger partial charge is 0.231 e. The van der Waals surface area contributed by atoms with Gasteiger partial charge in [0.1, 0.15) is 0 Å².